The predicted octanol–water partition coefficient (Wildman–Crippen LogP) is 2.59. The maximum atomic E-state index is 12.7. The summed E-state index contributed by atoms with van der Waals surface area (Å²) in [5.74, 6) is -0.0490. The average Bonchev–Trinajstić information content (AvgIpc) is 2.65. The molecule has 25 heavy (non-hydrogen) atoms. The first-order valence-corrected chi connectivity index (χ1v) is 8.82. The van der Waals surface area contributed by atoms with E-state index in [1.165, 1.54) is 11.1 Å². The molecule has 4 nitrogen and oxygen atoms in total. The maximum absolute atomic E-state index is 12.7. The number of ether oxygens (including phenoxy) is 1. The molecule has 0 radical (unpaired) electrons. The Bertz CT molecular complexity index is 700. The molecule has 132 valence electrons. The van der Waals surface area contributed by atoms with E-state index in [2.05, 4.69) is 28.4 Å². The van der Waals surface area contributed by atoms with Gasteiger partial charge in [-0.2, -0.15) is 0 Å². The van der Waals surface area contributed by atoms with Crippen molar-refractivity contribution in [2.45, 2.75) is 25.0 Å². The second-order valence-electron chi connectivity index (χ2n) is 6.75. The number of rotatable bonds is 6. The summed E-state index contributed by atoms with van der Waals surface area (Å²) in [6.45, 7) is 1.19. The van der Waals surface area contributed by atoms with Crippen LogP contribution in [0.3, 0.4) is 0 Å². The normalized spacial score (nSPS) is 17.8. The number of fused-ring (bicyclic) bond motifs is 1. The minimum absolute atomic E-state index is 0.0490. The fourth-order valence-electron chi connectivity index (χ4n) is 3.25. The lowest BCUT2D eigenvalue weighted by atomic mass is 9.97. The summed E-state index contributed by atoms with van der Waals surface area (Å²) in [4.78, 5) is 14.8. The van der Waals surface area contributed by atoms with Crippen LogP contribution in [0, 0.1) is 0 Å². The van der Waals surface area contributed by atoms with E-state index in [1.807, 2.05) is 50.5 Å². The third kappa shape index (κ3) is 4.47. The third-order valence-corrected chi connectivity index (χ3v) is 4.79. The molecule has 1 heterocycles. The van der Waals surface area contributed by atoms with Crippen molar-refractivity contribution in [3.63, 3.8) is 0 Å². The lowest BCUT2D eigenvalue weighted by Crippen LogP contribution is -2.44. The number of nitrogens with one attached hydrogen (secondary N) is 1. The Balaban J connectivity index is 1.62. The standard InChI is InChI=1S/C21H26N2O2/c1-23(2)18(14-16-8-4-3-5-9-16)15-22-21(24)20-19-11-7-6-10-17(19)12-13-25-20/h3-11,18,20H,12-15H2,1-2H3,(H,22,24). The van der Waals surface area contributed by atoms with E-state index in [0.717, 1.165) is 18.4 Å². The number of benzene rings is 2. The summed E-state index contributed by atoms with van der Waals surface area (Å²) in [5, 5.41) is 3.09. The molecule has 3 rings (SSSR count). The van der Waals surface area contributed by atoms with Crippen LogP contribution in [0.5, 0.6) is 0 Å². The molecule has 1 N–H and O–H groups in total. The van der Waals surface area contributed by atoms with Gasteiger partial charge in [-0.05, 0) is 43.6 Å². The van der Waals surface area contributed by atoms with Crippen molar-refractivity contribution >= 4 is 5.91 Å². The predicted molar refractivity (Wildman–Crippen MR) is 99.5 cm³/mol. The first-order valence-electron chi connectivity index (χ1n) is 8.82. The highest BCUT2D eigenvalue weighted by molar-refractivity contribution is 5.82. The van der Waals surface area contributed by atoms with Gasteiger partial charge in [0.1, 0.15) is 0 Å². The minimum atomic E-state index is -0.496. The van der Waals surface area contributed by atoms with Gasteiger partial charge in [-0.1, -0.05) is 54.6 Å². The van der Waals surface area contributed by atoms with Crippen LogP contribution in [0.25, 0.3) is 0 Å². The van der Waals surface area contributed by atoms with E-state index in [-0.39, 0.29) is 11.9 Å². The molecule has 0 saturated heterocycles. The summed E-state index contributed by atoms with van der Waals surface area (Å²) in [6.07, 6.45) is 1.27. The number of hydrogen-bond donors (Lipinski definition) is 1. The Morgan fingerprint density at radius 1 is 1.16 bits per heavy atom. The molecular formula is C21H26N2O2. The van der Waals surface area contributed by atoms with Crippen LogP contribution in [0.2, 0.25) is 0 Å². The van der Waals surface area contributed by atoms with Crippen molar-refractivity contribution < 1.29 is 9.53 Å². The zero-order valence-electron chi connectivity index (χ0n) is 14.9. The van der Waals surface area contributed by atoms with Gasteiger partial charge in [0.15, 0.2) is 6.10 Å². The number of hydrogen-bond acceptors (Lipinski definition) is 3. The van der Waals surface area contributed by atoms with Crippen molar-refractivity contribution in [1.82, 2.24) is 10.2 Å². The van der Waals surface area contributed by atoms with E-state index in [1.54, 1.807) is 0 Å². The Kier molecular flexibility index (Phi) is 5.84. The zero-order chi connectivity index (χ0) is 17.6. The van der Waals surface area contributed by atoms with Gasteiger partial charge < -0.3 is 15.0 Å². The van der Waals surface area contributed by atoms with Gasteiger partial charge in [0.2, 0.25) is 0 Å². The maximum Gasteiger partial charge on any atom is 0.253 e. The van der Waals surface area contributed by atoms with Crippen LogP contribution in [-0.2, 0) is 22.4 Å². The number of amides is 1. The van der Waals surface area contributed by atoms with Gasteiger partial charge in [0.25, 0.3) is 5.91 Å². The molecule has 1 aliphatic rings. The van der Waals surface area contributed by atoms with Crippen molar-refractivity contribution in [3.8, 4) is 0 Å². The molecular weight excluding hydrogens is 312 g/mol. The molecule has 2 unspecified atom stereocenters. The zero-order valence-corrected chi connectivity index (χ0v) is 14.9. The van der Waals surface area contributed by atoms with Crippen LogP contribution < -0.4 is 5.32 Å². The number of likely N-dealkylation sites (N-methyl/N-ethyl adjacent to an activating group) is 1. The molecule has 0 bridgehead atoms. The summed E-state index contributed by atoms with van der Waals surface area (Å²) in [7, 11) is 4.10. The summed E-state index contributed by atoms with van der Waals surface area (Å²) < 4.78 is 5.75. The van der Waals surface area contributed by atoms with E-state index >= 15 is 0 Å². The lowest BCUT2D eigenvalue weighted by molar-refractivity contribution is -0.134. The fraction of sp³-hybridized carbons (Fsp3) is 0.381. The Morgan fingerprint density at radius 2 is 1.88 bits per heavy atom. The third-order valence-electron chi connectivity index (χ3n) is 4.79. The van der Waals surface area contributed by atoms with Crippen LogP contribution in [0.1, 0.15) is 22.8 Å². The van der Waals surface area contributed by atoms with Gasteiger partial charge in [0.05, 0.1) is 6.61 Å². The van der Waals surface area contributed by atoms with Crippen LogP contribution >= 0.6 is 0 Å². The van der Waals surface area contributed by atoms with Crippen LogP contribution in [0.4, 0.5) is 0 Å². The summed E-state index contributed by atoms with van der Waals surface area (Å²) in [6, 6.07) is 18.7. The van der Waals surface area contributed by atoms with Crippen LogP contribution in [0.15, 0.2) is 54.6 Å². The molecule has 0 aliphatic carbocycles. The van der Waals surface area contributed by atoms with Gasteiger partial charge in [-0.15, -0.1) is 0 Å². The first-order chi connectivity index (χ1) is 12.1. The highest BCUT2D eigenvalue weighted by Gasteiger charge is 2.27. The Labute approximate surface area is 149 Å². The van der Waals surface area contributed by atoms with Gasteiger partial charge in [-0.25, -0.2) is 0 Å². The molecule has 0 aromatic heterocycles. The van der Waals surface area contributed by atoms with E-state index in [0.29, 0.717) is 13.2 Å². The second kappa shape index (κ2) is 8.28. The molecule has 0 saturated carbocycles. The molecule has 2 aromatic rings. The molecule has 0 fully saturated rings. The molecule has 0 spiro atoms. The number of nitrogens with zero attached hydrogens (tertiary/aromatic N) is 1. The van der Waals surface area contributed by atoms with Gasteiger partial charge in [-0.3, -0.25) is 4.79 Å². The van der Waals surface area contributed by atoms with Gasteiger partial charge in [0, 0.05) is 12.6 Å². The van der Waals surface area contributed by atoms with E-state index in [4.69, 9.17) is 4.74 Å². The summed E-state index contributed by atoms with van der Waals surface area (Å²) >= 11 is 0. The van der Waals surface area contributed by atoms with Crippen molar-refractivity contribution in [3.05, 3.63) is 71.3 Å². The second-order valence-corrected chi connectivity index (χ2v) is 6.75. The molecule has 2 atom stereocenters. The summed E-state index contributed by atoms with van der Waals surface area (Å²) in [5.41, 5.74) is 3.48. The minimum Gasteiger partial charge on any atom is -0.363 e. The topological polar surface area (TPSA) is 41.6 Å². The van der Waals surface area contributed by atoms with Crippen molar-refractivity contribution in [2.24, 2.45) is 0 Å². The molecule has 1 amide bonds. The largest absolute Gasteiger partial charge is 0.363 e. The monoisotopic (exact) mass is 338 g/mol. The van der Waals surface area contributed by atoms with Crippen LogP contribution in [-0.4, -0.2) is 44.1 Å². The Morgan fingerprint density at radius 3 is 2.64 bits per heavy atom. The van der Waals surface area contributed by atoms with Crippen molar-refractivity contribution in [2.75, 3.05) is 27.2 Å². The Hall–Kier alpha value is -2.17. The highest BCUT2D eigenvalue weighted by atomic mass is 16.5. The molecule has 2 aromatic carbocycles. The van der Waals surface area contributed by atoms with E-state index < -0.39 is 6.10 Å². The average molecular weight is 338 g/mol. The highest BCUT2D eigenvalue weighted by Crippen LogP contribution is 2.26. The van der Waals surface area contributed by atoms with E-state index in [9.17, 15) is 4.79 Å². The first kappa shape index (κ1) is 17.6. The fourth-order valence-corrected chi connectivity index (χ4v) is 3.25. The van der Waals surface area contributed by atoms with Crippen molar-refractivity contribution in [1.29, 1.82) is 0 Å². The number of carbonyl (C=O) groups is 1. The molecule has 4 heteroatoms. The lowest BCUT2D eigenvalue weighted by Gasteiger charge is -2.28. The smallest absolute Gasteiger partial charge is 0.253 e. The number of carbonyl (C=O) groups excluding carboxylic acids is 1. The quantitative estimate of drug-likeness (QED) is 0.880. The van der Waals surface area contributed by atoms with Gasteiger partial charge >= 0.3 is 0 Å². The molecule has 1 aliphatic heterocycles. The SMILES string of the molecule is CN(C)C(CNC(=O)C1OCCc2ccccc21)Cc1ccccc1.